The Labute approximate surface area is 179 Å². The third-order valence-corrected chi connectivity index (χ3v) is 5.99. The van der Waals surface area contributed by atoms with Gasteiger partial charge in [-0.3, -0.25) is 4.99 Å². The van der Waals surface area contributed by atoms with Crippen LogP contribution in [0.5, 0.6) is 17.2 Å². The van der Waals surface area contributed by atoms with Crippen molar-refractivity contribution in [1.29, 1.82) is 0 Å². The number of aliphatic imine (C=N–C) groups is 1. The van der Waals surface area contributed by atoms with Crippen LogP contribution in [0.4, 0.5) is 0 Å². The molecule has 0 unspecified atom stereocenters. The van der Waals surface area contributed by atoms with Crippen LogP contribution in [0.25, 0.3) is 0 Å². The van der Waals surface area contributed by atoms with Crippen LogP contribution >= 0.6 is 0 Å². The summed E-state index contributed by atoms with van der Waals surface area (Å²) in [6.45, 7) is 1.61. The minimum Gasteiger partial charge on any atom is -0.493 e. The second kappa shape index (κ2) is 10.2. The summed E-state index contributed by atoms with van der Waals surface area (Å²) in [5, 5.41) is 6.95. The predicted molar refractivity (Wildman–Crippen MR) is 121 cm³/mol. The molecule has 6 nitrogen and oxygen atoms in total. The standard InChI is InChI=1S/C24H33N3O3/c1-25-23(27-17-24(14-8-15-24)19-9-6-5-7-10-19)26-16-13-18-11-12-20(28-2)22(30-4)21(18)29-3/h5-7,9-12H,8,13-17H2,1-4H3,(H2,25,26,27). The van der Waals surface area contributed by atoms with Crippen LogP contribution < -0.4 is 24.8 Å². The number of nitrogens with zero attached hydrogens (tertiary/aromatic N) is 1. The lowest BCUT2D eigenvalue weighted by molar-refractivity contribution is 0.244. The molecule has 0 heterocycles. The first-order chi connectivity index (χ1) is 14.7. The number of hydrogen-bond acceptors (Lipinski definition) is 4. The first-order valence-corrected chi connectivity index (χ1v) is 10.5. The van der Waals surface area contributed by atoms with Crippen molar-refractivity contribution in [2.75, 3.05) is 41.5 Å². The van der Waals surface area contributed by atoms with Crippen LogP contribution in [-0.2, 0) is 11.8 Å². The molecule has 0 radical (unpaired) electrons. The topological polar surface area (TPSA) is 64.1 Å². The number of benzene rings is 2. The van der Waals surface area contributed by atoms with Crippen molar-refractivity contribution in [2.45, 2.75) is 31.1 Å². The lowest BCUT2D eigenvalue weighted by atomic mass is 9.64. The SMILES string of the molecule is CN=C(NCCc1ccc(OC)c(OC)c1OC)NCC1(c2ccccc2)CCC1. The molecular weight excluding hydrogens is 378 g/mol. The van der Waals surface area contributed by atoms with Gasteiger partial charge in [0.2, 0.25) is 5.75 Å². The largest absolute Gasteiger partial charge is 0.493 e. The maximum atomic E-state index is 5.58. The van der Waals surface area contributed by atoms with Crippen molar-refractivity contribution in [1.82, 2.24) is 10.6 Å². The molecule has 1 saturated carbocycles. The molecule has 0 bridgehead atoms. The van der Waals surface area contributed by atoms with Crippen molar-refractivity contribution in [3.63, 3.8) is 0 Å². The third kappa shape index (κ3) is 4.64. The number of methoxy groups -OCH3 is 3. The fourth-order valence-corrected chi connectivity index (χ4v) is 4.11. The lowest BCUT2D eigenvalue weighted by Crippen LogP contribution is -2.49. The van der Waals surface area contributed by atoms with E-state index in [-0.39, 0.29) is 5.41 Å². The quantitative estimate of drug-likeness (QED) is 0.488. The maximum absolute atomic E-state index is 5.58. The highest BCUT2D eigenvalue weighted by atomic mass is 16.5. The summed E-state index contributed by atoms with van der Waals surface area (Å²) in [6, 6.07) is 14.7. The van der Waals surface area contributed by atoms with Crippen molar-refractivity contribution >= 4 is 5.96 Å². The first kappa shape index (κ1) is 21.8. The second-order valence-electron chi connectivity index (χ2n) is 7.60. The summed E-state index contributed by atoms with van der Waals surface area (Å²) in [6.07, 6.45) is 4.48. The summed E-state index contributed by atoms with van der Waals surface area (Å²) >= 11 is 0. The molecule has 0 aromatic heterocycles. The number of rotatable bonds is 9. The summed E-state index contributed by atoms with van der Waals surface area (Å²) in [4.78, 5) is 4.40. The van der Waals surface area contributed by atoms with Gasteiger partial charge in [0.15, 0.2) is 17.5 Å². The van der Waals surface area contributed by atoms with Crippen LogP contribution in [0.1, 0.15) is 30.4 Å². The van der Waals surface area contributed by atoms with E-state index in [1.165, 1.54) is 24.8 Å². The average Bonchev–Trinajstić information content (AvgIpc) is 2.77. The van der Waals surface area contributed by atoms with E-state index in [9.17, 15) is 0 Å². The molecule has 1 aliphatic carbocycles. The van der Waals surface area contributed by atoms with Crippen LogP contribution in [-0.4, -0.2) is 47.4 Å². The second-order valence-corrected chi connectivity index (χ2v) is 7.60. The lowest BCUT2D eigenvalue weighted by Gasteiger charge is -2.43. The Morgan fingerprint density at radius 2 is 1.67 bits per heavy atom. The number of guanidine groups is 1. The molecule has 0 atom stereocenters. The van der Waals surface area contributed by atoms with E-state index >= 15 is 0 Å². The Hall–Kier alpha value is -2.89. The van der Waals surface area contributed by atoms with Crippen LogP contribution in [0.3, 0.4) is 0 Å². The van der Waals surface area contributed by atoms with Gasteiger partial charge >= 0.3 is 0 Å². The molecule has 0 saturated heterocycles. The van der Waals surface area contributed by atoms with Gasteiger partial charge in [0.05, 0.1) is 21.3 Å². The van der Waals surface area contributed by atoms with Crippen LogP contribution in [0.15, 0.2) is 47.5 Å². The summed E-state index contributed by atoms with van der Waals surface area (Å²) in [7, 11) is 6.70. The molecular formula is C24H33N3O3. The van der Waals surface area contributed by atoms with Gasteiger partial charge in [-0.1, -0.05) is 42.8 Å². The van der Waals surface area contributed by atoms with Gasteiger partial charge in [0.25, 0.3) is 0 Å². The van der Waals surface area contributed by atoms with E-state index in [4.69, 9.17) is 14.2 Å². The molecule has 2 aromatic rings. The fourth-order valence-electron chi connectivity index (χ4n) is 4.11. The summed E-state index contributed by atoms with van der Waals surface area (Å²) in [5.74, 6) is 2.81. The van der Waals surface area contributed by atoms with E-state index in [2.05, 4.69) is 46.0 Å². The molecule has 162 valence electrons. The van der Waals surface area contributed by atoms with Gasteiger partial charge in [-0.2, -0.15) is 0 Å². The molecule has 0 amide bonds. The third-order valence-electron chi connectivity index (χ3n) is 5.99. The smallest absolute Gasteiger partial charge is 0.203 e. The van der Waals surface area contributed by atoms with Crippen LogP contribution in [0.2, 0.25) is 0 Å². The predicted octanol–water partition coefficient (Wildman–Crippen LogP) is 3.54. The highest BCUT2D eigenvalue weighted by Crippen LogP contribution is 2.43. The zero-order chi connectivity index (χ0) is 21.4. The first-order valence-electron chi connectivity index (χ1n) is 10.5. The van der Waals surface area contributed by atoms with Gasteiger partial charge in [-0.15, -0.1) is 0 Å². The molecule has 0 spiro atoms. The van der Waals surface area contributed by atoms with E-state index in [1.807, 2.05) is 19.2 Å². The Morgan fingerprint density at radius 3 is 2.23 bits per heavy atom. The highest BCUT2D eigenvalue weighted by molar-refractivity contribution is 5.79. The minimum atomic E-state index is 0.214. The summed E-state index contributed by atoms with van der Waals surface area (Å²) in [5.41, 5.74) is 2.68. The van der Waals surface area contributed by atoms with Crippen molar-refractivity contribution in [3.8, 4) is 17.2 Å². The Balaban J connectivity index is 1.58. The molecule has 30 heavy (non-hydrogen) atoms. The molecule has 2 N–H and O–H groups in total. The van der Waals surface area contributed by atoms with E-state index in [0.717, 1.165) is 31.0 Å². The monoisotopic (exact) mass is 411 g/mol. The minimum absolute atomic E-state index is 0.214. The normalized spacial score (nSPS) is 15.1. The van der Waals surface area contributed by atoms with Gasteiger partial charge < -0.3 is 24.8 Å². The summed E-state index contributed by atoms with van der Waals surface area (Å²) < 4.78 is 16.4. The molecule has 1 fully saturated rings. The number of nitrogens with one attached hydrogen (secondary N) is 2. The fraction of sp³-hybridized carbons (Fsp3) is 0.458. The number of hydrogen-bond donors (Lipinski definition) is 2. The zero-order valence-corrected chi connectivity index (χ0v) is 18.5. The molecule has 1 aliphatic rings. The highest BCUT2D eigenvalue weighted by Gasteiger charge is 2.38. The molecule has 3 rings (SSSR count). The Kier molecular flexibility index (Phi) is 7.44. The molecule has 0 aliphatic heterocycles. The Bertz CT molecular complexity index is 848. The maximum Gasteiger partial charge on any atom is 0.203 e. The van der Waals surface area contributed by atoms with E-state index in [0.29, 0.717) is 17.2 Å². The van der Waals surface area contributed by atoms with Gasteiger partial charge in [0.1, 0.15) is 0 Å². The van der Waals surface area contributed by atoms with Crippen molar-refractivity contribution < 1.29 is 14.2 Å². The van der Waals surface area contributed by atoms with Gasteiger partial charge in [-0.25, -0.2) is 0 Å². The molecule has 2 aromatic carbocycles. The average molecular weight is 412 g/mol. The number of ether oxygens (including phenoxy) is 3. The molecule has 6 heteroatoms. The van der Waals surface area contributed by atoms with Crippen LogP contribution in [0, 0.1) is 0 Å². The van der Waals surface area contributed by atoms with E-state index < -0.39 is 0 Å². The van der Waals surface area contributed by atoms with E-state index in [1.54, 1.807) is 21.3 Å². The zero-order valence-electron chi connectivity index (χ0n) is 18.5. The Morgan fingerprint density at radius 1 is 0.933 bits per heavy atom. The van der Waals surface area contributed by atoms with Crippen molar-refractivity contribution in [3.05, 3.63) is 53.6 Å². The van der Waals surface area contributed by atoms with Gasteiger partial charge in [-0.05, 0) is 30.9 Å². The van der Waals surface area contributed by atoms with Gasteiger partial charge in [0, 0.05) is 31.1 Å². The van der Waals surface area contributed by atoms with Crippen molar-refractivity contribution in [2.24, 2.45) is 4.99 Å².